The first-order chi connectivity index (χ1) is 12.7. The number of halogens is 1. The van der Waals surface area contributed by atoms with Gasteiger partial charge in [0.1, 0.15) is 0 Å². The van der Waals surface area contributed by atoms with Crippen LogP contribution in [0.2, 0.25) is 0 Å². The first-order valence-corrected chi connectivity index (χ1v) is 13.3. The minimum Gasteiger partial charge on any atom is -0.0891 e. The van der Waals surface area contributed by atoms with Gasteiger partial charge in [0.25, 0.3) is 0 Å². The summed E-state index contributed by atoms with van der Waals surface area (Å²) in [5.74, 6) is 0.907. The maximum Gasteiger partial charge on any atom is 0.0145 e. The number of hydrogen-bond acceptors (Lipinski definition) is 0. The Morgan fingerprint density at radius 1 is 0.462 bits per heavy atom. The molecule has 1 heteroatoms. The van der Waals surface area contributed by atoms with E-state index in [4.69, 9.17) is 0 Å². The highest BCUT2D eigenvalue weighted by Crippen LogP contribution is 2.26. The van der Waals surface area contributed by atoms with Gasteiger partial charge in [-0.1, -0.05) is 152 Å². The molecule has 0 heterocycles. The number of alkyl halides is 1. The Bertz CT molecular complexity index is 249. The Morgan fingerprint density at radius 2 is 0.731 bits per heavy atom. The number of hydrogen-bond donors (Lipinski definition) is 0. The average molecular weight is 432 g/mol. The third-order valence-electron chi connectivity index (χ3n) is 6.01. The summed E-state index contributed by atoms with van der Waals surface area (Å²) >= 11 is 3.88. The molecule has 158 valence electrons. The molecule has 0 fully saturated rings. The van der Waals surface area contributed by atoms with Crippen LogP contribution >= 0.6 is 15.9 Å². The van der Waals surface area contributed by atoms with Gasteiger partial charge in [0.05, 0.1) is 0 Å². The summed E-state index contributed by atoms with van der Waals surface area (Å²) < 4.78 is 0. The van der Waals surface area contributed by atoms with Crippen LogP contribution in [0.1, 0.15) is 149 Å². The maximum atomic E-state index is 3.88. The van der Waals surface area contributed by atoms with E-state index < -0.39 is 0 Å². The summed E-state index contributed by atoms with van der Waals surface area (Å²) in [5.41, 5.74) is 0. The van der Waals surface area contributed by atoms with Gasteiger partial charge < -0.3 is 0 Å². The van der Waals surface area contributed by atoms with E-state index in [9.17, 15) is 0 Å². The van der Waals surface area contributed by atoms with Gasteiger partial charge in [-0.25, -0.2) is 0 Å². The zero-order valence-electron chi connectivity index (χ0n) is 18.7. The lowest BCUT2D eigenvalue weighted by molar-refractivity contribution is 0.403. The van der Waals surface area contributed by atoms with E-state index in [0.717, 1.165) is 5.92 Å². The molecule has 0 aromatic rings. The van der Waals surface area contributed by atoms with Crippen molar-refractivity contribution in [1.29, 1.82) is 0 Å². The van der Waals surface area contributed by atoms with Gasteiger partial charge in [-0.2, -0.15) is 0 Å². The zero-order chi connectivity index (χ0) is 19.3. The number of rotatable bonds is 21. The smallest absolute Gasteiger partial charge is 0.0145 e. The zero-order valence-corrected chi connectivity index (χ0v) is 20.3. The van der Waals surface area contributed by atoms with Crippen LogP contribution in [0.15, 0.2) is 0 Å². The summed E-state index contributed by atoms with van der Waals surface area (Å²) in [5, 5.41) is 0. The summed E-state index contributed by atoms with van der Waals surface area (Å²) in [6.07, 6.45) is 29.0. The van der Waals surface area contributed by atoms with Crippen molar-refractivity contribution in [2.45, 2.75) is 154 Å². The van der Waals surface area contributed by atoms with Crippen molar-refractivity contribution in [3.8, 4) is 0 Å². The van der Waals surface area contributed by atoms with E-state index in [2.05, 4.69) is 36.7 Å². The van der Waals surface area contributed by atoms with Crippen LogP contribution in [0.25, 0.3) is 0 Å². The SMILES string of the molecule is CCCCCCCCCCCCC(CCCCCCCCCC)C(C)Br. The number of unbranched alkanes of at least 4 members (excludes halogenated alkanes) is 16. The third-order valence-corrected chi connectivity index (χ3v) is 6.75. The van der Waals surface area contributed by atoms with Crippen LogP contribution in [0.3, 0.4) is 0 Å². The van der Waals surface area contributed by atoms with Crippen molar-refractivity contribution in [3.05, 3.63) is 0 Å². The highest BCUT2D eigenvalue weighted by atomic mass is 79.9. The van der Waals surface area contributed by atoms with Gasteiger partial charge in [0.15, 0.2) is 0 Å². The predicted octanol–water partition coefficient (Wildman–Crippen LogP) is 10.2. The van der Waals surface area contributed by atoms with Crippen LogP contribution in [0, 0.1) is 5.92 Å². The van der Waals surface area contributed by atoms with E-state index in [-0.39, 0.29) is 0 Å². The normalized spacial score (nSPS) is 13.8. The summed E-state index contributed by atoms with van der Waals surface area (Å²) in [6, 6.07) is 0. The van der Waals surface area contributed by atoms with Crippen LogP contribution in [0.4, 0.5) is 0 Å². The van der Waals surface area contributed by atoms with Gasteiger partial charge >= 0.3 is 0 Å². The second-order valence-electron chi connectivity index (χ2n) is 8.67. The summed E-state index contributed by atoms with van der Waals surface area (Å²) in [7, 11) is 0. The van der Waals surface area contributed by atoms with Gasteiger partial charge in [-0.15, -0.1) is 0 Å². The van der Waals surface area contributed by atoms with Gasteiger partial charge in [-0.3, -0.25) is 0 Å². The first kappa shape index (κ1) is 26.5. The molecule has 0 bridgehead atoms. The molecule has 0 aromatic carbocycles. The van der Waals surface area contributed by atoms with Crippen molar-refractivity contribution in [2.24, 2.45) is 5.92 Å². The van der Waals surface area contributed by atoms with Crippen molar-refractivity contribution in [1.82, 2.24) is 0 Å². The molecule has 0 aliphatic heterocycles. The Kier molecular flexibility index (Phi) is 22.2. The predicted molar refractivity (Wildman–Crippen MR) is 126 cm³/mol. The molecule has 0 aliphatic carbocycles. The standard InChI is InChI=1S/C25H51Br/c1-4-6-8-10-12-14-15-17-19-21-23-25(24(3)26)22-20-18-16-13-11-9-7-5-2/h24-25H,4-23H2,1-3H3. The summed E-state index contributed by atoms with van der Waals surface area (Å²) in [6.45, 7) is 6.97. The average Bonchev–Trinajstić information content (AvgIpc) is 2.63. The Morgan fingerprint density at radius 3 is 1.00 bits per heavy atom. The van der Waals surface area contributed by atoms with Crippen LogP contribution in [-0.2, 0) is 0 Å². The quantitative estimate of drug-likeness (QED) is 0.125. The molecular weight excluding hydrogens is 380 g/mol. The van der Waals surface area contributed by atoms with Crippen molar-refractivity contribution < 1.29 is 0 Å². The fourth-order valence-corrected chi connectivity index (χ4v) is 4.57. The van der Waals surface area contributed by atoms with Gasteiger partial charge in [0, 0.05) is 4.83 Å². The van der Waals surface area contributed by atoms with Crippen molar-refractivity contribution >= 4 is 15.9 Å². The monoisotopic (exact) mass is 430 g/mol. The minimum atomic E-state index is 0.700. The van der Waals surface area contributed by atoms with Crippen molar-refractivity contribution in [3.63, 3.8) is 0 Å². The Labute approximate surface area is 175 Å². The van der Waals surface area contributed by atoms with E-state index in [0.29, 0.717) is 4.83 Å². The molecule has 0 spiro atoms. The molecule has 26 heavy (non-hydrogen) atoms. The van der Waals surface area contributed by atoms with E-state index in [1.165, 1.54) is 128 Å². The van der Waals surface area contributed by atoms with Crippen LogP contribution in [-0.4, -0.2) is 4.83 Å². The molecule has 0 rings (SSSR count). The Hall–Kier alpha value is 0.480. The van der Waals surface area contributed by atoms with E-state index in [1.807, 2.05) is 0 Å². The topological polar surface area (TPSA) is 0 Å². The lowest BCUT2D eigenvalue weighted by Gasteiger charge is -2.19. The molecule has 0 amide bonds. The largest absolute Gasteiger partial charge is 0.0891 e. The maximum absolute atomic E-state index is 3.88. The van der Waals surface area contributed by atoms with E-state index in [1.54, 1.807) is 0 Å². The molecule has 0 saturated heterocycles. The molecule has 0 N–H and O–H groups in total. The molecule has 2 unspecified atom stereocenters. The molecular formula is C25H51Br. The molecule has 0 nitrogen and oxygen atoms in total. The fourth-order valence-electron chi connectivity index (χ4n) is 4.04. The minimum absolute atomic E-state index is 0.700. The first-order valence-electron chi connectivity index (χ1n) is 12.4. The highest BCUT2D eigenvalue weighted by Gasteiger charge is 2.13. The van der Waals surface area contributed by atoms with Gasteiger partial charge in [-0.05, 0) is 18.8 Å². The second-order valence-corrected chi connectivity index (χ2v) is 10.1. The lowest BCUT2D eigenvalue weighted by atomic mass is 9.92. The van der Waals surface area contributed by atoms with Crippen LogP contribution < -0.4 is 0 Å². The molecule has 0 aromatic heterocycles. The van der Waals surface area contributed by atoms with E-state index >= 15 is 0 Å². The molecule has 0 radical (unpaired) electrons. The molecule has 2 atom stereocenters. The highest BCUT2D eigenvalue weighted by molar-refractivity contribution is 9.09. The third kappa shape index (κ3) is 19.2. The fraction of sp³-hybridized carbons (Fsp3) is 1.00. The lowest BCUT2D eigenvalue weighted by Crippen LogP contribution is -2.11. The summed E-state index contributed by atoms with van der Waals surface area (Å²) in [4.78, 5) is 0.700. The molecule has 0 saturated carbocycles. The second kappa shape index (κ2) is 21.8. The molecule has 0 aliphatic rings. The van der Waals surface area contributed by atoms with Crippen LogP contribution in [0.5, 0.6) is 0 Å². The van der Waals surface area contributed by atoms with Gasteiger partial charge in [0.2, 0.25) is 0 Å². The van der Waals surface area contributed by atoms with Crippen molar-refractivity contribution in [2.75, 3.05) is 0 Å². The Balaban J connectivity index is 3.45.